The van der Waals surface area contributed by atoms with E-state index in [-0.39, 0.29) is 5.82 Å². The average Bonchev–Trinajstić information content (AvgIpc) is 2.70. The Morgan fingerprint density at radius 2 is 2.10 bits per heavy atom. The van der Waals surface area contributed by atoms with E-state index in [0.717, 1.165) is 18.0 Å². The first-order chi connectivity index (χ1) is 9.34. The molecule has 1 nitrogen and oxygen atoms in total. The van der Waals surface area contributed by atoms with Gasteiger partial charge in [0.1, 0.15) is 5.82 Å². The predicted octanol–water partition coefficient (Wildman–Crippen LogP) is 4.78. The number of rotatable bonds is 3. The SMILES string of the molecule is CC1(C)C2CCC1(C)C(NCc1ccc(F)cc1Cl)C2. The Balaban J connectivity index is 1.71. The van der Waals surface area contributed by atoms with Crippen LogP contribution in [0.15, 0.2) is 18.2 Å². The molecule has 110 valence electrons. The summed E-state index contributed by atoms with van der Waals surface area (Å²) in [6.07, 6.45) is 3.92. The molecule has 3 unspecified atom stereocenters. The summed E-state index contributed by atoms with van der Waals surface area (Å²) in [5.74, 6) is 0.556. The van der Waals surface area contributed by atoms with E-state index in [1.807, 2.05) is 0 Å². The molecule has 1 N–H and O–H groups in total. The molecule has 2 saturated carbocycles. The largest absolute Gasteiger partial charge is 0.309 e. The number of hydrogen-bond donors (Lipinski definition) is 1. The van der Waals surface area contributed by atoms with Crippen LogP contribution >= 0.6 is 11.6 Å². The first-order valence-corrected chi connectivity index (χ1v) is 7.90. The van der Waals surface area contributed by atoms with Crippen molar-refractivity contribution in [1.29, 1.82) is 0 Å². The Labute approximate surface area is 125 Å². The number of fused-ring (bicyclic) bond motifs is 2. The molecule has 0 radical (unpaired) electrons. The second-order valence-corrected chi connectivity index (χ2v) is 7.69. The van der Waals surface area contributed by atoms with Gasteiger partial charge in [-0.2, -0.15) is 0 Å². The Hall–Kier alpha value is -0.600. The third-order valence-electron chi connectivity index (χ3n) is 6.35. The monoisotopic (exact) mass is 295 g/mol. The van der Waals surface area contributed by atoms with Gasteiger partial charge in [-0.1, -0.05) is 38.4 Å². The number of hydrogen-bond acceptors (Lipinski definition) is 1. The van der Waals surface area contributed by atoms with E-state index in [1.54, 1.807) is 6.07 Å². The fourth-order valence-corrected chi connectivity index (χ4v) is 4.64. The van der Waals surface area contributed by atoms with Gasteiger partial charge < -0.3 is 5.32 Å². The van der Waals surface area contributed by atoms with Crippen molar-refractivity contribution in [2.45, 2.75) is 52.6 Å². The lowest BCUT2D eigenvalue weighted by Crippen LogP contribution is -2.44. The molecule has 0 heterocycles. The van der Waals surface area contributed by atoms with Crippen LogP contribution in [0.2, 0.25) is 5.02 Å². The fourth-order valence-electron chi connectivity index (χ4n) is 4.41. The van der Waals surface area contributed by atoms with Crippen molar-refractivity contribution in [2.75, 3.05) is 0 Å². The van der Waals surface area contributed by atoms with Crippen molar-refractivity contribution in [2.24, 2.45) is 16.7 Å². The van der Waals surface area contributed by atoms with E-state index in [1.165, 1.54) is 31.4 Å². The van der Waals surface area contributed by atoms with E-state index in [9.17, 15) is 4.39 Å². The van der Waals surface area contributed by atoms with Gasteiger partial charge in [0.05, 0.1) is 0 Å². The maximum Gasteiger partial charge on any atom is 0.124 e. The third-order valence-corrected chi connectivity index (χ3v) is 6.70. The van der Waals surface area contributed by atoms with Crippen molar-refractivity contribution < 1.29 is 4.39 Å². The molecule has 20 heavy (non-hydrogen) atoms. The Kier molecular flexibility index (Phi) is 3.38. The molecule has 1 aromatic rings. The molecule has 2 aliphatic carbocycles. The van der Waals surface area contributed by atoms with Gasteiger partial charge in [0.25, 0.3) is 0 Å². The van der Waals surface area contributed by atoms with Gasteiger partial charge in [0, 0.05) is 17.6 Å². The van der Waals surface area contributed by atoms with Crippen LogP contribution in [0.5, 0.6) is 0 Å². The number of benzene rings is 1. The zero-order valence-corrected chi connectivity index (χ0v) is 13.2. The van der Waals surface area contributed by atoms with Crippen LogP contribution in [0.4, 0.5) is 4.39 Å². The summed E-state index contributed by atoms with van der Waals surface area (Å²) in [6, 6.07) is 5.20. The Morgan fingerprint density at radius 1 is 1.35 bits per heavy atom. The molecule has 0 amide bonds. The van der Waals surface area contributed by atoms with Crippen LogP contribution in [0.1, 0.15) is 45.6 Å². The molecule has 2 fully saturated rings. The minimum atomic E-state index is -0.272. The smallest absolute Gasteiger partial charge is 0.124 e. The standard InChI is InChI=1S/C17H23ClFN/c1-16(2)12-6-7-17(16,3)15(8-12)20-10-11-4-5-13(19)9-14(11)18/h4-5,9,12,15,20H,6-8,10H2,1-3H3. The second-order valence-electron chi connectivity index (χ2n) is 7.28. The van der Waals surface area contributed by atoms with E-state index in [2.05, 4.69) is 26.1 Å². The topological polar surface area (TPSA) is 12.0 Å². The first kappa shape index (κ1) is 14.3. The lowest BCUT2D eigenvalue weighted by Gasteiger charge is -2.39. The summed E-state index contributed by atoms with van der Waals surface area (Å²) in [6.45, 7) is 7.97. The zero-order valence-electron chi connectivity index (χ0n) is 12.5. The molecule has 2 bridgehead atoms. The van der Waals surface area contributed by atoms with Crippen LogP contribution in [0, 0.1) is 22.6 Å². The van der Waals surface area contributed by atoms with Crippen molar-refractivity contribution in [1.82, 2.24) is 5.32 Å². The first-order valence-electron chi connectivity index (χ1n) is 7.52. The summed E-state index contributed by atoms with van der Waals surface area (Å²) >= 11 is 6.10. The van der Waals surface area contributed by atoms with Crippen molar-refractivity contribution in [3.8, 4) is 0 Å². The highest BCUT2D eigenvalue weighted by Gasteiger charge is 2.60. The summed E-state index contributed by atoms with van der Waals surface area (Å²) < 4.78 is 13.1. The maximum atomic E-state index is 13.1. The molecular weight excluding hydrogens is 273 g/mol. The summed E-state index contributed by atoms with van der Waals surface area (Å²) in [7, 11) is 0. The van der Waals surface area contributed by atoms with Gasteiger partial charge in [-0.25, -0.2) is 4.39 Å². The Bertz CT molecular complexity index is 528. The lowest BCUT2D eigenvalue weighted by atomic mass is 9.69. The zero-order chi connectivity index (χ0) is 14.5. The highest BCUT2D eigenvalue weighted by Crippen LogP contribution is 2.65. The van der Waals surface area contributed by atoms with Crippen LogP contribution < -0.4 is 5.32 Å². The fraction of sp³-hybridized carbons (Fsp3) is 0.647. The van der Waals surface area contributed by atoms with Gasteiger partial charge in [0.2, 0.25) is 0 Å². The molecule has 3 atom stereocenters. The van der Waals surface area contributed by atoms with Crippen LogP contribution in [-0.4, -0.2) is 6.04 Å². The van der Waals surface area contributed by atoms with Gasteiger partial charge >= 0.3 is 0 Å². The molecule has 2 aliphatic rings. The Morgan fingerprint density at radius 3 is 2.65 bits per heavy atom. The summed E-state index contributed by atoms with van der Waals surface area (Å²) in [4.78, 5) is 0. The molecule has 0 spiro atoms. The van der Waals surface area contributed by atoms with Gasteiger partial charge in [-0.15, -0.1) is 0 Å². The summed E-state index contributed by atoms with van der Waals surface area (Å²) in [5, 5.41) is 4.20. The molecule has 0 aromatic heterocycles. The van der Waals surface area contributed by atoms with E-state index < -0.39 is 0 Å². The average molecular weight is 296 g/mol. The minimum absolute atomic E-state index is 0.272. The van der Waals surface area contributed by atoms with E-state index in [0.29, 0.717) is 21.9 Å². The lowest BCUT2D eigenvalue weighted by molar-refractivity contribution is 0.120. The molecule has 0 aliphatic heterocycles. The molecule has 1 aromatic carbocycles. The van der Waals surface area contributed by atoms with Gasteiger partial charge in [-0.05, 0) is 53.7 Å². The molecular formula is C17H23ClFN. The second kappa shape index (κ2) is 4.71. The van der Waals surface area contributed by atoms with Crippen molar-refractivity contribution in [3.63, 3.8) is 0 Å². The van der Waals surface area contributed by atoms with Crippen LogP contribution in [0.3, 0.4) is 0 Å². The molecule has 3 heteroatoms. The molecule has 3 rings (SSSR count). The van der Waals surface area contributed by atoms with E-state index >= 15 is 0 Å². The summed E-state index contributed by atoms with van der Waals surface area (Å²) in [5.41, 5.74) is 1.76. The predicted molar refractivity (Wildman–Crippen MR) is 81.3 cm³/mol. The molecule has 0 saturated heterocycles. The third kappa shape index (κ3) is 2.00. The highest BCUT2D eigenvalue weighted by atomic mass is 35.5. The number of nitrogens with one attached hydrogen (secondary N) is 1. The number of halogens is 2. The van der Waals surface area contributed by atoms with Crippen molar-refractivity contribution >= 4 is 11.6 Å². The highest BCUT2D eigenvalue weighted by molar-refractivity contribution is 6.31. The van der Waals surface area contributed by atoms with Gasteiger partial charge in [-0.3, -0.25) is 0 Å². The quantitative estimate of drug-likeness (QED) is 0.846. The van der Waals surface area contributed by atoms with E-state index in [4.69, 9.17) is 11.6 Å². The maximum absolute atomic E-state index is 13.1. The van der Waals surface area contributed by atoms with Gasteiger partial charge in [0.15, 0.2) is 0 Å². The van der Waals surface area contributed by atoms with Crippen molar-refractivity contribution in [3.05, 3.63) is 34.6 Å². The normalized spacial score (nSPS) is 34.6. The van der Waals surface area contributed by atoms with Crippen LogP contribution in [-0.2, 0) is 6.54 Å². The minimum Gasteiger partial charge on any atom is -0.309 e. The van der Waals surface area contributed by atoms with Crippen LogP contribution in [0.25, 0.3) is 0 Å².